The Hall–Kier alpha value is 0.830. The first-order valence-corrected chi connectivity index (χ1v) is 6.81. The van der Waals surface area contributed by atoms with Gasteiger partial charge >= 0.3 is 0 Å². The summed E-state index contributed by atoms with van der Waals surface area (Å²) in [6.07, 6.45) is 8.26. The first-order valence-electron chi connectivity index (χ1n) is 5.74. The minimum absolute atomic E-state index is 0. The lowest BCUT2D eigenvalue weighted by molar-refractivity contribution is 0.200. The van der Waals surface area contributed by atoms with Crippen LogP contribution < -0.4 is 0 Å². The smallest absolute Gasteiger partial charge is 0.0351 e. The van der Waals surface area contributed by atoms with Gasteiger partial charge in [0.05, 0.1) is 0 Å². The van der Waals surface area contributed by atoms with E-state index in [9.17, 15) is 0 Å². The minimum Gasteiger partial charge on any atom is -0.298 e. The van der Waals surface area contributed by atoms with Gasteiger partial charge in [0.25, 0.3) is 0 Å². The molecule has 1 aliphatic rings. The van der Waals surface area contributed by atoms with Crippen molar-refractivity contribution in [1.82, 2.24) is 4.90 Å². The summed E-state index contributed by atoms with van der Waals surface area (Å²) >= 11 is 11.6. The van der Waals surface area contributed by atoms with Crippen LogP contribution in [0.2, 0.25) is 0 Å². The van der Waals surface area contributed by atoms with Gasteiger partial charge in [-0.1, -0.05) is 25.7 Å². The topological polar surface area (TPSA) is 3.24 Å². The lowest BCUT2D eigenvalue weighted by Gasteiger charge is -2.29. The van der Waals surface area contributed by atoms with Crippen LogP contribution in [0.4, 0.5) is 0 Å². The molecule has 0 N–H and O–H groups in total. The highest BCUT2D eigenvalue weighted by molar-refractivity contribution is 6.18. The maximum Gasteiger partial charge on any atom is 0.0351 e. The van der Waals surface area contributed by atoms with E-state index < -0.39 is 0 Å². The Balaban J connectivity index is 0.00000196. The average molecular weight is 275 g/mol. The Bertz CT molecular complexity index is 130. The van der Waals surface area contributed by atoms with Crippen LogP contribution in [0, 0.1) is 0 Å². The van der Waals surface area contributed by atoms with Gasteiger partial charge in [0.15, 0.2) is 0 Å². The summed E-state index contributed by atoms with van der Waals surface area (Å²) in [5.41, 5.74) is 0. The van der Waals surface area contributed by atoms with Crippen molar-refractivity contribution in [3.63, 3.8) is 0 Å². The van der Waals surface area contributed by atoms with Crippen LogP contribution in [0.5, 0.6) is 0 Å². The van der Waals surface area contributed by atoms with Gasteiger partial charge in [0.1, 0.15) is 0 Å². The van der Waals surface area contributed by atoms with E-state index in [1.54, 1.807) is 0 Å². The molecule has 0 aliphatic heterocycles. The van der Waals surface area contributed by atoms with Crippen molar-refractivity contribution in [3.05, 3.63) is 0 Å². The molecular weight excluding hydrogens is 252 g/mol. The molecule has 0 amide bonds. The molecule has 1 aliphatic carbocycles. The molecule has 1 saturated carbocycles. The monoisotopic (exact) mass is 273 g/mol. The first kappa shape index (κ1) is 15.8. The van der Waals surface area contributed by atoms with Crippen molar-refractivity contribution in [1.29, 1.82) is 0 Å². The van der Waals surface area contributed by atoms with Crippen LogP contribution in [0.25, 0.3) is 0 Å². The van der Waals surface area contributed by atoms with Crippen molar-refractivity contribution >= 4 is 35.6 Å². The summed E-state index contributed by atoms with van der Waals surface area (Å²) in [5.74, 6) is 1.46. The van der Waals surface area contributed by atoms with Crippen LogP contribution in [0.1, 0.15) is 38.5 Å². The summed E-state index contributed by atoms with van der Waals surface area (Å²) in [4.78, 5) is 2.48. The molecule has 0 aromatic rings. The second-order valence-electron chi connectivity index (χ2n) is 4.06. The van der Waals surface area contributed by atoms with E-state index in [4.69, 9.17) is 23.2 Å². The predicted molar refractivity (Wildman–Crippen MR) is 71.8 cm³/mol. The van der Waals surface area contributed by atoms with Crippen LogP contribution in [-0.4, -0.2) is 35.8 Å². The molecule has 4 heteroatoms. The molecule has 0 bridgehead atoms. The third kappa shape index (κ3) is 6.21. The number of hydrogen-bond donors (Lipinski definition) is 0. The fraction of sp³-hybridized carbons (Fsp3) is 1.00. The van der Waals surface area contributed by atoms with Gasteiger partial charge in [-0.25, -0.2) is 0 Å². The summed E-state index contributed by atoms with van der Waals surface area (Å²) in [5, 5.41) is 0. The number of halogens is 3. The second kappa shape index (κ2) is 10.0. The zero-order valence-electron chi connectivity index (χ0n) is 9.26. The highest BCUT2D eigenvalue weighted by atomic mass is 35.5. The Morgan fingerprint density at radius 2 is 1.33 bits per heavy atom. The second-order valence-corrected chi connectivity index (χ2v) is 4.82. The fourth-order valence-electron chi connectivity index (χ4n) is 2.32. The van der Waals surface area contributed by atoms with Gasteiger partial charge in [-0.2, -0.15) is 0 Å². The number of nitrogens with zero attached hydrogens (tertiary/aromatic N) is 1. The zero-order chi connectivity index (χ0) is 10.2. The number of rotatable bonds is 5. The van der Waals surface area contributed by atoms with Gasteiger partial charge in [0, 0.05) is 30.9 Å². The van der Waals surface area contributed by atoms with Gasteiger partial charge in [-0.05, 0) is 12.8 Å². The van der Waals surface area contributed by atoms with E-state index in [0.717, 1.165) is 30.9 Å². The molecule has 0 atom stereocenters. The van der Waals surface area contributed by atoms with E-state index in [1.807, 2.05) is 0 Å². The van der Waals surface area contributed by atoms with Gasteiger partial charge in [0.2, 0.25) is 0 Å². The molecule has 0 spiro atoms. The Labute approximate surface area is 110 Å². The average Bonchev–Trinajstić information content (AvgIpc) is 2.45. The summed E-state index contributed by atoms with van der Waals surface area (Å²) in [7, 11) is 0. The van der Waals surface area contributed by atoms with Gasteiger partial charge in [-0.15, -0.1) is 35.6 Å². The Morgan fingerprint density at radius 1 is 0.867 bits per heavy atom. The lowest BCUT2D eigenvalue weighted by Crippen LogP contribution is -2.37. The molecule has 0 unspecified atom stereocenters. The van der Waals surface area contributed by atoms with E-state index in [2.05, 4.69) is 4.90 Å². The van der Waals surface area contributed by atoms with Crippen LogP contribution in [0.3, 0.4) is 0 Å². The van der Waals surface area contributed by atoms with E-state index in [-0.39, 0.29) is 12.4 Å². The Kier molecular flexibility index (Phi) is 10.6. The van der Waals surface area contributed by atoms with E-state index in [0.29, 0.717) is 0 Å². The number of alkyl halides is 2. The summed E-state index contributed by atoms with van der Waals surface area (Å²) in [6.45, 7) is 2.00. The molecule has 0 aromatic carbocycles. The zero-order valence-corrected chi connectivity index (χ0v) is 11.6. The minimum atomic E-state index is 0. The molecule has 15 heavy (non-hydrogen) atoms. The molecule has 0 aromatic heterocycles. The van der Waals surface area contributed by atoms with Crippen molar-refractivity contribution < 1.29 is 0 Å². The maximum absolute atomic E-state index is 5.81. The first-order chi connectivity index (χ1) is 6.88. The van der Waals surface area contributed by atoms with E-state index >= 15 is 0 Å². The Morgan fingerprint density at radius 3 is 1.73 bits per heavy atom. The van der Waals surface area contributed by atoms with Crippen molar-refractivity contribution in [2.45, 2.75) is 44.6 Å². The number of hydrogen-bond acceptors (Lipinski definition) is 1. The maximum atomic E-state index is 5.81. The highest BCUT2D eigenvalue weighted by Gasteiger charge is 2.18. The fourth-order valence-corrected chi connectivity index (χ4v) is 2.75. The van der Waals surface area contributed by atoms with Crippen molar-refractivity contribution in [3.8, 4) is 0 Å². The standard InChI is InChI=1S/C11H21Cl2N.ClH/c12-7-9-14(10-8-13)11-5-3-1-2-4-6-11;/h11H,1-10H2;1H. The molecular formula is C11H22Cl3N. The quantitative estimate of drug-likeness (QED) is 0.543. The van der Waals surface area contributed by atoms with Crippen LogP contribution >= 0.6 is 35.6 Å². The summed E-state index contributed by atoms with van der Waals surface area (Å²) in [6, 6.07) is 0.745. The largest absolute Gasteiger partial charge is 0.298 e. The molecule has 1 nitrogen and oxygen atoms in total. The highest BCUT2D eigenvalue weighted by Crippen LogP contribution is 2.21. The van der Waals surface area contributed by atoms with E-state index in [1.165, 1.54) is 38.5 Å². The molecule has 1 fully saturated rings. The molecule has 0 saturated heterocycles. The molecule has 92 valence electrons. The van der Waals surface area contributed by atoms with Crippen molar-refractivity contribution in [2.24, 2.45) is 0 Å². The molecule has 0 heterocycles. The summed E-state index contributed by atoms with van der Waals surface area (Å²) < 4.78 is 0. The van der Waals surface area contributed by atoms with Gasteiger partial charge < -0.3 is 0 Å². The molecule has 0 radical (unpaired) electrons. The molecule has 1 rings (SSSR count). The normalized spacial score (nSPS) is 18.6. The van der Waals surface area contributed by atoms with Crippen molar-refractivity contribution in [2.75, 3.05) is 24.8 Å². The van der Waals surface area contributed by atoms with Crippen LogP contribution in [0.15, 0.2) is 0 Å². The third-order valence-corrected chi connectivity index (χ3v) is 3.42. The lowest BCUT2D eigenvalue weighted by atomic mass is 10.1. The van der Waals surface area contributed by atoms with Gasteiger partial charge in [-0.3, -0.25) is 4.90 Å². The predicted octanol–water partition coefficient (Wildman–Crippen LogP) is 3.91. The SMILES string of the molecule is Cl.ClCCN(CCCl)C1CCCCCC1. The third-order valence-electron chi connectivity index (χ3n) is 3.08. The van der Waals surface area contributed by atoms with Crippen LogP contribution in [-0.2, 0) is 0 Å².